The number of ether oxygens (including phenoxy) is 1. The number of esters is 1. The fourth-order valence-corrected chi connectivity index (χ4v) is 3.66. The lowest BCUT2D eigenvalue weighted by molar-refractivity contribution is -0.159. The molecule has 0 aromatic carbocycles. The van der Waals surface area contributed by atoms with Crippen LogP contribution in [0.3, 0.4) is 0 Å². The van der Waals surface area contributed by atoms with Crippen LogP contribution in [0.1, 0.15) is 19.8 Å². The lowest BCUT2D eigenvalue weighted by atomic mass is 10.1. The van der Waals surface area contributed by atoms with Crippen LogP contribution in [-0.2, 0) is 19.4 Å². The highest BCUT2D eigenvalue weighted by Crippen LogP contribution is 2.19. The zero-order valence-electron chi connectivity index (χ0n) is 10.1. The molecule has 1 aliphatic rings. The summed E-state index contributed by atoms with van der Waals surface area (Å²) in [6.45, 7) is 1.57. The molecule has 1 saturated heterocycles. The lowest BCUT2D eigenvalue weighted by Gasteiger charge is -2.21. The Balaban J connectivity index is 2.40. The van der Waals surface area contributed by atoms with E-state index < -0.39 is 26.7 Å². The summed E-state index contributed by atoms with van der Waals surface area (Å²) in [5.74, 6) is -0.508. The molecule has 0 aromatic heterocycles. The van der Waals surface area contributed by atoms with Crippen LogP contribution in [0.5, 0.6) is 0 Å². The molecule has 0 radical (unpaired) electrons. The number of aliphatic hydroxyl groups is 1. The van der Waals surface area contributed by atoms with Crippen molar-refractivity contribution in [2.75, 3.05) is 26.0 Å². The summed E-state index contributed by atoms with van der Waals surface area (Å²) in [7, 11) is -1.80. The van der Waals surface area contributed by atoms with E-state index in [9.17, 15) is 18.3 Å². The highest BCUT2D eigenvalue weighted by atomic mass is 32.2. The Labute approximate surface area is 101 Å². The number of hydrogen-bond acceptors (Lipinski definition) is 6. The molecule has 6 nitrogen and oxygen atoms in total. The molecular formula is C10H19NO5S. The van der Waals surface area contributed by atoms with Gasteiger partial charge in [-0.2, -0.15) is 0 Å². The van der Waals surface area contributed by atoms with Gasteiger partial charge in [-0.3, -0.25) is 0 Å². The summed E-state index contributed by atoms with van der Waals surface area (Å²) >= 11 is 0. The van der Waals surface area contributed by atoms with E-state index in [2.05, 4.69) is 10.1 Å². The van der Waals surface area contributed by atoms with Gasteiger partial charge in [-0.25, -0.2) is 13.2 Å². The Bertz CT molecular complexity index is 376. The summed E-state index contributed by atoms with van der Waals surface area (Å²) in [5, 5.41) is 12.1. The number of rotatable bonds is 5. The molecule has 2 unspecified atom stereocenters. The highest BCUT2D eigenvalue weighted by Gasteiger charge is 2.34. The quantitative estimate of drug-likeness (QED) is 0.624. The van der Waals surface area contributed by atoms with Crippen LogP contribution in [0.25, 0.3) is 0 Å². The summed E-state index contributed by atoms with van der Waals surface area (Å²) in [6.07, 6.45) is 1.32. The molecule has 100 valence electrons. The first-order chi connectivity index (χ1) is 7.79. The van der Waals surface area contributed by atoms with Crippen molar-refractivity contribution in [1.82, 2.24) is 5.32 Å². The molecule has 0 saturated carbocycles. The predicted molar refractivity (Wildman–Crippen MR) is 62.3 cm³/mol. The van der Waals surface area contributed by atoms with Crippen molar-refractivity contribution in [1.29, 1.82) is 0 Å². The molecule has 7 heteroatoms. The Morgan fingerprint density at radius 1 is 1.59 bits per heavy atom. The highest BCUT2D eigenvalue weighted by molar-refractivity contribution is 7.92. The zero-order valence-corrected chi connectivity index (χ0v) is 10.9. The van der Waals surface area contributed by atoms with Gasteiger partial charge in [0.15, 0.2) is 15.4 Å². The van der Waals surface area contributed by atoms with Crippen molar-refractivity contribution >= 4 is 15.8 Å². The van der Waals surface area contributed by atoms with E-state index in [1.165, 1.54) is 14.0 Å². The summed E-state index contributed by atoms with van der Waals surface area (Å²) < 4.78 is 27.5. The minimum Gasteiger partial charge on any atom is -0.467 e. The smallest absolute Gasteiger partial charge is 0.338 e. The normalized spacial score (nSPS) is 26.4. The van der Waals surface area contributed by atoms with Gasteiger partial charge in [-0.05, 0) is 19.8 Å². The van der Waals surface area contributed by atoms with Crippen molar-refractivity contribution in [3.63, 3.8) is 0 Å². The van der Waals surface area contributed by atoms with Gasteiger partial charge in [-0.1, -0.05) is 0 Å². The van der Waals surface area contributed by atoms with Gasteiger partial charge >= 0.3 is 5.97 Å². The molecule has 1 rings (SSSR count). The molecule has 2 atom stereocenters. The number of nitrogens with one attached hydrogen (secondary N) is 1. The Morgan fingerprint density at radius 3 is 2.71 bits per heavy atom. The van der Waals surface area contributed by atoms with Crippen LogP contribution in [-0.4, -0.2) is 56.3 Å². The largest absolute Gasteiger partial charge is 0.467 e. The Kier molecular flexibility index (Phi) is 4.51. The second kappa shape index (κ2) is 5.32. The predicted octanol–water partition coefficient (Wildman–Crippen LogP) is -0.923. The van der Waals surface area contributed by atoms with E-state index in [1.54, 1.807) is 0 Å². The van der Waals surface area contributed by atoms with E-state index in [1.807, 2.05) is 0 Å². The Hall–Kier alpha value is -0.660. The molecule has 0 aromatic rings. The van der Waals surface area contributed by atoms with Gasteiger partial charge in [0.25, 0.3) is 0 Å². The summed E-state index contributed by atoms with van der Waals surface area (Å²) in [5.41, 5.74) is -1.63. The molecule has 17 heavy (non-hydrogen) atoms. The van der Waals surface area contributed by atoms with Gasteiger partial charge < -0.3 is 15.2 Å². The zero-order chi connectivity index (χ0) is 13.1. The maximum absolute atomic E-state index is 11.5. The van der Waals surface area contributed by atoms with E-state index in [0.717, 1.165) is 0 Å². The molecule has 1 heterocycles. The third-order valence-corrected chi connectivity index (χ3v) is 5.21. The topological polar surface area (TPSA) is 92.7 Å². The second-order valence-corrected chi connectivity index (χ2v) is 6.93. The maximum atomic E-state index is 11.5. The van der Waals surface area contributed by atoms with Gasteiger partial charge in [0.05, 0.1) is 18.1 Å². The third-order valence-electron chi connectivity index (χ3n) is 2.93. The van der Waals surface area contributed by atoms with Crippen molar-refractivity contribution < 1.29 is 23.1 Å². The van der Waals surface area contributed by atoms with Gasteiger partial charge in [0.2, 0.25) is 0 Å². The molecule has 1 fully saturated rings. The molecule has 0 aliphatic carbocycles. The van der Waals surface area contributed by atoms with Crippen molar-refractivity contribution in [3.8, 4) is 0 Å². The number of methoxy groups -OCH3 is 1. The van der Waals surface area contributed by atoms with Crippen molar-refractivity contribution in [2.45, 2.75) is 30.6 Å². The van der Waals surface area contributed by atoms with Crippen LogP contribution in [0, 0.1) is 0 Å². The minimum absolute atomic E-state index is 0.0221. The fraction of sp³-hybridized carbons (Fsp3) is 0.900. The first kappa shape index (κ1) is 14.4. The molecule has 2 N–H and O–H groups in total. The molecule has 0 amide bonds. The third kappa shape index (κ3) is 3.65. The average Bonchev–Trinajstić information content (AvgIpc) is 2.57. The minimum atomic E-state index is -2.99. The molecule has 0 bridgehead atoms. The number of sulfone groups is 1. The SMILES string of the molecule is COC(=O)C(C)(O)CNCC1CCCS1(=O)=O. The first-order valence-corrected chi connectivity index (χ1v) is 7.24. The van der Waals surface area contributed by atoms with Gasteiger partial charge in [0.1, 0.15) is 0 Å². The lowest BCUT2D eigenvalue weighted by Crippen LogP contribution is -2.47. The van der Waals surface area contributed by atoms with Gasteiger partial charge in [0, 0.05) is 13.1 Å². The Morgan fingerprint density at radius 2 is 2.24 bits per heavy atom. The van der Waals surface area contributed by atoms with Crippen molar-refractivity contribution in [3.05, 3.63) is 0 Å². The van der Waals surface area contributed by atoms with Crippen LogP contribution in [0.2, 0.25) is 0 Å². The average molecular weight is 265 g/mol. The number of carbonyl (C=O) groups is 1. The van der Waals surface area contributed by atoms with Crippen LogP contribution >= 0.6 is 0 Å². The second-order valence-electron chi connectivity index (χ2n) is 4.53. The monoisotopic (exact) mass is 265 g/mol. The molecular weight excluding hydrogens is 246 g/mol. The molecule has 0 spiro atoms. The van der Waals surface area contributed by atoms with Crippen LogP contribution in [0.4, 0.5) is 0 Å². The van der Waals surface area contributed by atoms with Crippen LogP contribution < -0.4 is 5.32 Å². The van der Waals surface area contributed by atoms with E-state index in [-0.39, 0.29) is 18.8 Å². The van der Waals surface area contributed by atoms with E-state index in [4.69, 9.17) is 0 Å². The first-order valence-electron chi connectivity index (χ1n) is 5.52. The number of hydrogen-bond donors (Lipinski definition) is 2. The van der Waals surface area contributed by atoms with Gasteiger partial charge in [-0.15, -0.1) is 0 Å². The summed E-state index contributed by atoms with van der Waals surface area (Å²) in [4.78, 5) is 11.2. The summed E-state index contributed by atoms with van der Waals surface area (Å²) in [6, 6.07) is 0. The molecule has 1 aliphatic heterocycles. The van der Waals surface area contributed by atoms with E-state index >= 15 is 0 Å². The van der Waals surface area contributed by atoms with Crippen LogP contribution in [0.15, 0.2) is 0 Å². The maximum Gasteiger partial charge on any atom is 0.338 e. The fourth-order valence-electron chi connectivity index (χ4n) is 1.86. The standard InChI is InChI=1S/C10H19NO5S/c1-10(13,9(12)16-2)7-11-6-8-4-3-5-17(8,14)15/h8,11,13H,3-7H2,1-2H3. The van der Waals surface area contributed by atoms with E-state index in [0.29, 0.717) is 12.8 Å². The number of carbonyl (C=O) groups excluding carboxylic acids is 1. The van der Waals surface area contributed by atoms with Crippen molar-refractivity contribution in [2.24, 2.45) is 0 Å².